The van der Waals surface area contributed by atoms with E-state index >= 15 is 0 Å². The third-order valence-corrected chi connectivity index (χ3v) is 5.73. The van der Waals surface area contributed by atoms with E-state index < -0.39 is 0 Å². The highest BCUT2D eigenvalue weighted by molar-refractivity contribution is 6.11. The van der Waals surface area contributed by atoms with Gasteiger partial charge in [-0.05, 0) is 68.5 Å². The molecular weight excluding hydrogens is 398 g/mol. The fourth-order valence-electron chi connectivity index (χ4n) is 3.87. The highest BCUT2D eigenvalue weighted by Crippen LogP contribution is 2.22. The maximum absolute atomic E-state index is 12.8. The zero-order valence-electron chi connectivity index (χ0n) is 19.8. The third kappa shape index (κ3) is 5.78. The van der Waals surface area contributed by atoms with Gasteiger partial charge in [0.15, 0.2) is 5.76 Å². The number of aliphatic imine (C=N–C) groups is 1. The summed E-state index contributed by atoms with van der Waals surface area (Å²) in [4.78, 5) is 21.3. The molecule has 3 rings (SSSR count). The number of ether oxygens (including phenoxy) is 1. The highest BCUT2D eigenvalue weighted by Gasteiger charge is 2.33. The first kappa shape index (κ1) is 23.6. The summed E-state index contributed by atoms with van der Waals surface area (Å²) in [6.45, 7) is 11.5. The quantitative estimate of drug-likeness (QED) is 0.478. The van der Waals surface area contributed by atoms with E-state index in [-0.39, 0.29) is 5.91 Å². The van der Waals surface area contributed by atoms with E-state index in [1.165, 1.54) is 16.8 Å². The molecule has 5 heteroatoms. The zero-order chi connectivity index (χ0) is 22.9. The molecule has 0 radical (unpaired) electrons. The number of rotatable bonds is 10. The van der Waals surface area contributed by atoms with Crippen LogP contribution in [0.5, 0.6) is 0 Å². The second kappa shape index (κ2) is 11.5. The molecule has 1 amide bonds. The normalized spacial score (nSPS) is 16.1. The van der Waals surface area contributed by atoms with Gasteiger partial charge in [-0.3, -0.25) is 9.69 Å². The molecule has 5 nitrogen and oxygen atoms in total. The molecule has 1 heterocycles. The molecular formula is C27H35N3O2. The van der Waals surface area contributed by atoms with Crippen LogP contribution < -0.4 is 4.90 Å². The molecule has 0 bridgehead atoms. The first-order chi connectivity index (χ1) is 15.6. The van der Waals surface area contributed by atoms with Gasteiger partial charge in [0.25, 0.3) is 11.9 Å². The van der Waals surface area contributed by atoms with Crippen LogP contribution in [0.3, 0.4) is 0 Å². The number of amidine groups is 1. The second-order valence-corrected chi connectivity index (χ2v) is 7.90. The number of hydrogen-bond acceptors (Lipinski definition) is 4. The van der Waals surface area contributed by atoms with Crippen molar-refractivity contribution >= 4 is 23.7 Å². The van der Waals surface area contributed by atoms with Crippen LogP contribution >= 0.6 is 0 Å². The lowest BCUT2D eigenvalue weighted by Gasteiger charge is -2.20. The molecule has 1 saturated heterocycles. The molecule has 2 aromatic rings. The van der Waals surface area contributed by atoms with Crippen LogP contribution in [-0.2, 0) is 22.4 Å². The minimum Gasteiger partial charge on any atom is -0.420 e. The first-order valence-electron chi connectivity index (χ1n) is 11.8. The average molecular weight is 434 g/mol. The van der Waals surface area contributed by atoms with Crippen molar-refractivity contribution in [2.75, 3.05) is 31.1 Å². The zero-order valence-corrected chi connectivity index (χ0v) is 19.8. The number of amides is 1. The molecule has 1 aliphatic heterocycles. The maximum Gasteiger partial charge on any atom is 0.300 e. The van der Waals surface area contributed by atoms with Crippen molar-refractivity contribution in [1.29, 1.82) is 0 Å². The van der Waals surface area contributed by atoms with Gasteiger partial charge in [-0.25, -0.2) is 4.99 Å². The first-order valence-corrected chi connectivity index (χ1v) is 11.8. The predicted octanol–water partition coefficient (Wildman–Crippen LogP) is 5.30. The molecule has 32 heavy (non-hydrogen) atoms. The van der Waals surface area contributed by atoms with Crippen molar-refractivity contribution in [3.05, 3.63) is 71.0 Å². The van der Waals surface area contributed by atoms with E-state index in [2.05, 4.69) is 67.1 Å². The van der Waals surface area contributed by atoms with E-state index in [9.17, 15) is 4.79 Å². The minimum absolute atomic E-state index is 0.136. The van der Waals surface area contributed by atoms with E-state index in [0.29, 0.717) is 24.9 Å². The summed E-state index contributed by atoms with van der Waals surface area (Å²) >= 11 is 0. The molecule has 170 valence electrons. The predicted molar refractivity (Wildman–Crippen MR) is 133 cm³/mol. The van der Waals surface area contributed by atoms with Gasteiger partial charge in [-0.1, -0.05) is 49.7 Å². The van der Waals surface area contributed by atoms with E-state index in [1.54, 1.807) is 11.0 Å². The summed E-state index contributed by atoms with van der Waals surface area (Å²) in [5.74, 6) is 0.188. The van der Waals surface area contributed by atoms with Crippen molar-refractivity contribution in [3.8, 4) is 0 Å². The Morgan fingerprint density at radius 2 is 1.53 bits per heavy atom. The lowest BCUT2D eigenvalue weighted by molar-refractivity contribution is -0.122. The van der Waals surface area contributed by atoms with Crippen molar-refractivity contribution in [3.63, 3.8) is 0 Å². The van der Waals surface area contributed by atoms with Gasteiger partial charge in [-0.15, -0.1) is 0 Å². The molecule has 0 aromatic heterocycles. The SMILES string of the molecule is CCCc1ccc(CC/N=C2\O/C(=C/c3ccc(N(CC)CC)cc3)C(=O)N2CC)cc1. The van der Waals surface area contributed by atoms with Gasteiger partial charge < -0.3 is 9.64 Å². The van der Waals surface area contributed by atoms with Gasteiger partial charge >= 0.3 is 0 Å². The Morgan fingerprint density at radius 1 is 0.906 bits per heavy atom. The van der Waals surface area contributed by atoms with E-state index in [0.717, 1.165) is 37.9 Å². The molecule has 0 spiro atoms. The van der Waals surface area contributed by atoms with Crippen molar-refractivity contribution in [2.45, 2.75) is 47.0 Å². The van der Waals surface area contributed by atoms with Crippen molar-refractivity contribution in [1.82, 2.24) is 4.90 Å². The summed E-state index contributed by atoms with van der Waals surface area (Å²) < 4.78 is 5.87. The summed E-state index contributed by atoms with van der Waals surface area (Å²) in [5.41, 5.74) is 4.72. The van der Waals surface area contributed by atoms with Crippen LogP contribution in [0, 0.1) is 0 Å². The molecule has 0 N–H and O–H groups in total. The lowest BCUT2D eigenvalue weighted by Crippen LogP contribution is -2.29. The van der Waals surface area contributed by atoms with E-state index in [4.69, 9.17) is 4.74 Å². The van der Waals surface area contributed by atoms with Gasteiger partial charge in [0.2, 0.25) is 0 Å². The van der Waals surface area contributed by atoms with Crippen LogP contribution in [0.15, 0.2) is 59.3 Å². The topological polar surface area (TPSA) is 45.1 Å². The smallest absolute Gasteiger partial charge is 0.300 e. The lowest BCUT2D eigenvalue weighted by atomic mass is 10.1. The Bertz CT molecular complexity index is 942. The Hall–Kier alpha value is -3.08. The summed E-state index contributed by atoms with van der Waals surface area (Å²) in [6.07, 6.45) is 4.88. The van der Waals surface area contributed by atoms with Gasteiger partial charge in [0.05, 0.1) is 0 Å². The number of hydrogen-bond donors (Lipinski definition) is 0. The number of nitrogens with zero attached hydrogens (tertiary/aromatic N) is 3. The van der Waals surface area contributed by atoms with Gasteiger partial charge in [-0.2, -0.15) is 0 Å². The fourth-order valence-corrected chi connectivity index (χ4v) is 3.87. The number of benzene rings is 2. The van der Waals surface area contributed by atoms with E-state index in [1.807, 2.05) is 19.1 Å². The maximum atomic E-state index is 12.8. The summed E-state index contributed by atoms with van der Waals surface area (Å²) in [5, 5.41) is 0. The third-order valence-electron chi connectivity index (χ3n) is 5.73. The number of carbonyl (C=O) groups is 1. The molecule has 0 saturated carbocycles. The standard InChI is InChI=1S/C27H35N3O2/c1-5-9-21-10-12-22(13-11-21)18-19-28-27-30(8-4)26(31)25(32-27)20-23-14-16-24(17-15-23)29(6-2)7-3/h10-17,20H,5-9,18-19H2,1-4H3/b25-20+,28-27-. The molecule has 0 unspecified atom stereocenters. The summed E-state index contributed by atoms with van der Waals surface area (Å²) in [7, 11) is 0. The largest absolute Gasteiger partial charge is 0.420 e. The van der Waals surface area contributed by atoms with Crippen LogP contribution in [-0.4, -0.2) is 43.0 Å². The van der Waals surface area contributed by atoms with Crippen LogP contribution in [0.1, 0.15) is 50.8 Å². The van der Waals surface area contributed by atoms with Crippen LogP contribution in [0.4, 0.5) is 5.69 Å². The number of carbonyl (C=O) groups excluding carboxylic acids is 1. The van der Waals surface area contributed by atoms with Gasteiger partial charge in [0.1, 0.15) is 0 Å². The number of anilines is 1. The van der Waals surface area contributed by atoms with Crippen molar-refractivity contribution < 1.29 is 9.53 Å². The minimum atomic E-state index is -0.136. The van der Waals surface area contributed by atoms with Crippen LogP contribution in [0.25, 0.3) is 6.08 Å². The summed E-state index contributed by atoms with van der Waals surface area (Å²) in [6, 6.07) is 17.3. The Kier molecular flexibility index (Phi) is 8.48. The van der Waals surface area contributed by atoms with Crippen LogP contribution in [0.2, 0.25) is 0 Å². The highest BCUT2D eigenvalue weighted by atomic mass is 16.5. The Labute approximate surface area is 192 Å². The second-order valence-electron chi connectivity index (χ2n) is 7.90. The molecule has 0 atom stereocenters. The van der Waals surface area contributed by atoms with Gasteiger partial charge in [0, 0.05) is 31.9 Å². The number of likely N-dealkylation sites (N-methyl/N-ethyl adjacent to an activating group) is 1. The fraction of sp³-hybridized carbons (Fsp3) is 0.407. The molecule has 1 aliphatic rings. The Morgan fingerprint density at radius 3 is 2.09 bits per heavy atom. The monoisotopic (exact) mass is 433 g/mol. The molecule has 1 fully saturated rings. The number of aryl methyl sites for hydroxylation is 1. The average Bonchev–Trinajstić information content (AvgIpc) is 3.11. The Balaban J connectivity index is 1.67. The molecule has 0 aliphatic carbocycles. The van der Waals surface area contributed by atoms with Crippen molar-refractivity contribution in [2.24, 2.45) is 4.99 Å². The molecule has 2 aromatic carbocycles.